The first kappa shape index (κ1) is 31.7. The quantitative estimate of drug-likeness (QED) is 0.255. The monoisotopic (exact) mass is 652 g/mol. The summed E-state index contributed by atoms with van der Waals surface area (Å²) < 4.78 is 57.2. The second-order valence-electron chi connectivity index (χ2n) is 11.0. The summed E-state index contributed by atoms with van der Waals surface area (Å²) in [6.45, 7) is 5.02. The molecule has 0 amide bonds. The third-order valence-electron chi connectivity index (χ3n) is 7.94. The molecule has 1 fully saturated rings. The number of hydrogen-bond donors (Lipinski definition) is 0. The van der Waals surface area contributed by atoms with Gasteiger partial charge in [-0.25, -0.2) is 4.79 Å². The zero-order chi connectivity index (χ0) is 33.6. The van der Waals surface area contributed by atoms with Crippen LogP contribution in [-0.2, 0) is 44.7 Å². The molecule has 6 rings (SSSR count). The first-order chi connectivity index (χ1) is 22.5. The molecule has 0 saturated carbocycles. The van der Waals surface area contributed by atoms with Gasteiger partial charge in [-0.3, -0.25) is 14.4 Å². The fourth-order valence-electron chi connectivity index (χ4n) is 6.08. The van der Waals surface area contributed by atoms with Gasteiger partial charge in [-0.1, -0.05) is 6.07 Å². The SMILES string of the molecule is COc1cc2c(OC3O[C@H](C)[C@H](OC(C)=O)[C@H](OC(C)=O)[C@H]3OC(C)=O)c3c(c(-c4ccc5c(c4)OCO5)c2cc1OC)C(=O)OC3. The summed E-state index contributed by atoms with van der Waals surface area (Å²) in [5.74, 6) is -0.762. The van der Waals surface area contributed by atoms with Crippen LogP contribution in [0.3, 0.4) is 0 Å². The van der Waals surface area contributed by atoms with Crippen LogP contribution in [0.15, 0.2) is 30.3 Å². The minimum Gasteiger partial charge on any atom is -0.493 e. The molecule has 3 aromatic rings. The number of methoxy groups -OCH3 is 2. The average molecular weight is 653 g/mol. The van der Waals surface area contributed by atoms with Crippen LogP contribution >= 0.6 is 0 Å². The van der Waals surface area contributed by atoms with Gasteiger partial charge in [-0.05, 0) is 42.1 Å². The second-order valence-corrected chi connectivity index (χ2v) is 11.0. The minimum absolute atomic E-state index is 0.0629. The van der Waals surface area contributed by atoms with Gasteiger partial charge in [0.25, 0.3) is 0 Å². The van der Waals surface area contributed by atoms with E-state index in [2.05, 4.69) is 0 Å². The summed E-state index contributed by atoms with van der Waals surface area (Å²) in [4.78, 5) is 50.0. The molecule has 14 heteroatoms. The molecule has 0 N–H and O–H groups in total. The Morgan fingerprint density at radius 1 is 0.745 bits per heavy atom. The number of esters is 4. The van der Waals surface area contributed by atoms with Crippen molar-refractivity contribution in [1.82, 2.24) is 0 Å². The third kappa shape index (κ3) is 5.80. The molecule has 3 aliphatic rings. The largest absolute Gasteiger partial charge is 0.493 e. The van der Waals surface area contributed by atoms with Gasteiger partial charge < -0.3 is 47.4 Å². The molecular formula is C33H32O14. The van der Waals surface area contributed by atoms with Crippen LogP contribution in [0.1, 0.15) is 43.6 Å². The van der Waals surface area contributed by atoms with E-state index in [9.17, 15) is 19.2 Å². The van der Waals surface area contributed by atoms with E-state index in [1.807, 2.05) is 0 Å². The zero-order valence-electron chi connectivity index (χ0n) is 26.4. The van der Waals surface area contributed by atoms with Crippen molar-refractivity contribution < 1.29 is 66.5 Å². The zero-order valence-corrected chi connectivity index (χ0v) is 26.4. The van der Waals surface area contributed by atoms with E-state index >= 15 is 0 Å². The van der Waals surface area contributed by atoms with E-state index in [0.717, 1.165) is 6.92 Å². The van der Waals surface area contributed by atoms with Crippen molar-refractivity contribution in [2.24, 2.45) is 0 Å². The van der Waals surface area contributed by atoms with E-state index in [1.54, 1.807) is 37.3 Å². The van der Waals surface area contributed by atoms with Crippen molar-refractivity contribution in [2.45, 2.75) is 65.0 Å². The maximum atomic E-state index is 13.4. The van der Waals surface area contributed by atoms with Crippen LogP contribution in [0.2, 0.25) is 0 Å². The Bertz CT molecular complexity index is 1780. The van der Waals surface area contributed by atoms with Gasteiger partial charge in [0.15, 0.2) is 35.2 Å². The van der Waals surface area contributed by atoms with Crippen molar-refractivity contribution in [3.05, 3.63) is 41.5 Å². The van der Waals surface area contributed by atoms with Gasteiger partial charge in [0.1, 0.15) is 12.4 Å². The molecule has 0 radical (unpaired) electrons. The van der Waals surface area contributed by atoms with Crippen molar-refractivity contribution in [3.63, 3.8) is 0 Å². The Labute approximate surface area is 268 Å². The third-order valence-corrected chi connectivity index (χ3v) is 7.94. The molecule has 0 bridgehead atoms. The van der Waals surface area contributed by atoms with E-state index < -0.39 is 54.6 Å². The van der Waals surface area contributed by atoms with Gasteiger partial charge in [-0.2, -0.15) is 0 Å². The van der Waals surface area contributed by atoms with E-state index in [0.29, 0.717) is 50.5 Å². The summed E-state index contributed by atoms with van der Waals surface area (Å²) in [7, 11) is 2.96. The van der Waals surface area contributed by atoms with Crippen molar-refractivity contribution in [1.29, 1.82) is 0 Å². The molecule has 47 heavy (non-hydrogen) atoms. The highest BCUT2D eigenvalue weighted by molar-refractivity contribution is 6.14. The predicted molar refractivity (Wildman–Crippen MR) is 159 cm³/mol. The van der Waals surface area contributed by atoms with Gasteiger partial charge >= 0.3 is 23.9 Å². The van der Waals surface area contributed by atoms with E-state index in [4.69, 9.17) is 47.4 Å². The maximum absolute atomic E-state index is 13.4. The Morgan fingerprint density at radius 3 is 2.02 bits per heavy atom. The highest BCUT2D eigenvalue weighted by Gasteiger charge is 2.52. The first-order valence-corrected chi connectivity index (χ1v) is 14.7. The lowest BCUT2D eigenvalue weighted by molar-refractivity contribution is -0.280. The Morgan fingerprint density at radius 2 is 1.36 bits per heavy atom. The van der Waals surface area contributed by atoms with Crippen LogP contribution in [0, 0.1) is 0 Å². The van der Waals surface area contributed by atoms with Crippen molar-refractivity contribution >= 4 is 34.6 Å². The number of carbonyl (C=O) groups is 4. The molecule has 3 aliphatic heterocycles. The molecule has 14 nitrogen and oxygen atoms in total. The number of ether oxygens (including phenoxy) is 10. The summed E-state index contributed by atoms with van der Waals surface area (Å²) in [5, 5.41) is 0.993. The molecule has 0 spiro atoms. The number of benzene rings is 3. The fourth-order valence-corrected chi connectivity index (χ4v) is 6.08. The van der Waals surface area contributed by atoms with Crippen LogP contribution in [0.4, 0.5) is 0 Å². The number of hydrogen-bond acceptors (Lipinski definition) is 14. The smallest absolute Gasteiger partial charge is 0.339 e. The first-order valence-electron chi connectivity index (χ1n) is 14.7. The average Bonchev–Trinajstić information content (AvgIpc) is 3.65. The molecule has 3 heterocycles. The molecule has 248 valence electrons. The number of carbonyl (C=O) groups excluding carboxylic acids is 4. The van der Waals surface area contributed by atoms with Gasteiger partial charge in [0, 0.05) is 37.3 Å². The molecule has 0 aliphatic carbocycles. The normalized spacial score (nSPS) is 22.6. The van der Waals surface area contributed by atoms with Gasteiger partial charge in [0.2, 0.25) is 19.2 Å². The van der Waals surface area contributed by atoms with Crippen molar-refractivity contribution in [3.8, 4) is 39.9 Å². The highest BCUT2D eigenvalue weighted by atomic mass is 16.7. The molecule has 5 atom stereocenters. The lowest BCUT2D eigenvalue weighted by Crippen LogP contribution is -2.62. The van der Waals surface area contributed by atoms with E-state index in [1.165, 1.54) is 28.1 Å². The molecule has 3 aromatic carbocycles. The molecular weight excluding hydrogens is 620 g/mol. The number of cyclic esters (lactones) is 1. The lowest BCUT2D eigenvalue weighted by Gasteiger charge is -2.43. The molecule has 1 unspecified atom stereocenters. The number of rotatable bonds is 8. The van der Waals surface area contributed by atoms with Crippen molar-refractivity contribution in [2.75, 3.05) is 21.0 Å². The van der Waals surface area contributed by atoms with Crippen LogP contribution < -0.4 is 23.7 Å². The summed E-state index contributed by atoms with van der Waals surface area (Å²) >= 11 is 0. The maximum Gasteiger partial charge on any atom is 0.339 e. The van der Waals surface area contributed by atoms with Gasteiger partial charge in [-0.15, -0.1) is 0 Å². The van der Waals surface area contributed by atoms with Crippen LogP contribution in [0.5, 0.6) is 28.7 Å². The van der Waals surface area contributed by atoms with Crippen LogP contribution in [0.25, 0.3) is 21.9 Å². The molecule has 1 saturated heterocycles. The van der Waals surface area contributed by atoms with Crippen LogP contribution in [-0.4, -0.2) is 75.6 Å². The van der Waals surface area contributed by atoms with Gasteiger partial charge in [0.05, 0.1) is 25.9 Å². The Kier molecular flexibility index (Phi) is 8.45. The minimum atomic E-state index is -1.41. The number of fused-ring (bicyclic) bond motifs is 3. The fraction of sp³-hybridized carbons (Fsp3) is 0.394. The summed E-state index contributed by atoms with van der Waals surface area (Å²) in [6, 6.07) is 8.70. The highest BCUT2D eigenvalue weighted by Crippen LogP contribution is 2.50. The summed E-state index contributed by atoms with van der Waals surface area (Å²) in [5.41, 5.74) is 1.76. The lowest BCUT2D eigenvalue weighted by atomic mass is 9.89. The Hall–Kier alpha value is -5.24. The Balaban J connectivity index is 1.56. The molecule has 0 aromatic heterocycles. The second kappa shape index (κ2) is 12.5. The standard InChI is InChI=1S/C33H32O14/c1-14-28(44-15(2)34)30(45-16(3)35)31(46-17(4)36)33(43-14)47-29-20-11-24(39-6)23(38-5)10-19(20)26(27-21(29)12-40-32(27)37)18-7-8-22-25(9-18)42-13-41-22/h7-11,14,28,30-31,33H,12-13H2,1-6H3/t14-,28+,30+,31-,33?/m1/s1. The predicted octanol–water partition coefficient (Wildman–Crippen LogP) is 3.84. The topological polar surface area (TPSA) is 161 Å². The summed E-state index contributed by atoms with van der Waals surface area (Å²) in [6.07, 6.45) is -6.12. The van der Waals surface area contributed by atoms with E-state index in [-0.39, 0.29) is 24.7 Å².